The molecule has 0 saturated heterocycles. The van der Waals surface area contributed by atoms with Crippen LogP contribution in [0.5, 0.6) is 11.5 Å². The third-order valence-electron chi connectivity index (χ3n) is 5.15. The van der Waals surface area contributed by atoms with Gasteiger partial charge in [-0.25, -0.2) is 4.79 Å². The van der Waals surface area contributed by atoms with Crippen molar-refractivity contribution >= 4 is 17.5 Å². The van der Waals surface area contributed by atoms with Crippen LogP contribution < -0.4 is 20.1 Å². The summed E-state index contributed by atoms with van der Waals surface area (Å²) in [4.78, 5) is 26.1. The number of carbonyl (C=O) groups is 2. The lowest BCUT2D eigenvalue weighted by Gasteiger charge is -2.30. The van der Waals surface area contributed by atoms with Gasteiger partial charge in [0.05, 0.1) is 17.3 Å². The molecule has 5 rings (SSSR count). The third kappa shape index (κ3) is 3.18. The van der Waals surface area contributed by atoms with Crippen molar-refractivity contribution in [1.29, 1.82) is 0 Å². The van der Waals surface area contributed by atoms with E-state index in [4.69, 9.17) is 9.47 Å². The van der Waals surface area contributed by atoms with Gasteiger partial charge in [-0.2, -0.15) is 0 Å². The Kier molecular flexibility index (Phi) is 4.44. The first-order valence-corrected chi connectivity index (χ1v) is 9.57. The summed E-state index contributed by atoms with van der Waals surface area (Å²) in [5, 5.41) is 5.74. The van der Waals surface area contributed by atoms with Gasteiger partial charge in [-0.1, -0.05) is 66.7 Å². The molecule has 0 unspecified atom stereocenters. The van der Waals surface area contributed by atoms with Gasteiger partial charge in [0.25, 0.3) is 0 Å². The van der Waals surface area contributed by atoms with Crippen molar-refractivity contribution in [3.05, 3.63) is 101 Å². The van der Waals surface area contributed by atoms with E-state index in [1.54, 1.807) is 24.3 Å². The highest BCUT2D eigenvalue weighted by Gasteiger charge is 2.34. The second-order valence-corrected chi connectivity index (χ2v) is 6.99. The molecule has 0 saturated carbocycles. The zero-order valence-corrected chi connectivity index (χ0v) is 15.9. The fraction of sp³-hybridized carbons (Fsp3) is 0.0833. The average molecular weight is 398 g/mol. The zero-order chi connectivity index (χ0) is 20.5. The van der Waals surface area contributed by atoms with Crippen LogP contribution in [0.2, 0.25) is 0 Å². The highest BCUT2D eigenvalue weighted by molar-refractivity contribution is 6.16. The normalized spacial score (nSPS) is 17.3. The molecule has 0 fully saturated rings. The van der Waals surface area contributed by atoms with Crippen LogP contribution in [0.4, 0.5) is 4.79 Å². The van der Waals surface area contributed by atoms with Gasteiger partial charge >= 0.3 is 6.03 Å². The molecule has 3 aromatic rings. The van der Waals surface area contributed by atoms with Crippen LogP contribution in [0.3, 0.4) is 0 Å². The zero-order valence-electron chi connectivity index (χ0n) is 15.9. The smallest absolute Gasteiger partial charge is 0.320 e. The van der Waals surface area contributed by atoms with E-state index in [0.29, 0.717) is 28.3 Å². The summed E-state index contributed by atoms with van der Waals surface area (Å²) in [5.74, 6) is 1.07. The highest BCUT2D eigenvalue weighted by atomic mass is 16.7. The maximum absolute atomic E-state index is 13.6. The Bertz CT molecular complexity index is 1160. The number of fused-ring (bicyclic) bond motifs is 1. The van der Waals surface area contributed by atoms with E-state index in [2.05, 4.69) is 10.6 Å². The van der Waals surface area contributed by atoms with E-state index >= 15 is 0 Å². The Morgan fingerprint density at radius 2 is 1.57 bits per heavy atom. The maximum atomic E-state index is 13.6. The first-order valence-electron chi connectivity index (χ1n) is 9.57. The molecule has 6 nitrogen and oxygen atoms in total. The van der Waals surface area contributed by atoms with E-state index in [0.717, 1.165) is 11.1 Å². The number of ketones is 1. The van der Waals surface area contributed by atoms with Crippen LogP contribution in [0, 0.1) is 0 Å². The summed E-state index contributed by atoms with van der Waals surface area (Å²) in [7, 11) is 0. The SMILES string of the molecule is O=C1NC(c2ccccc2)=C(C(=O)c2ccccc2)[C@@H](c2ccc3c(c2)OCO3)N1. The molecular weight excluding hydrogens is 380 g/mol. The number of amides is 2. The van der Waals surface area contributed by atoms with Gasteiger partial charge in [-0.15, -0.1) is 0 Å². The Balaban J connectivity index is 1.69. The summed E-state index contributed by atoms with van der Waals surface area (Å²) in [6, 6.07) is 22.8. The summed E-state index contributed by atoms with van der Waals surface area (Å²) < 4.78 is 10.9. The second-order valence-electron chi connectivity index (χ2n) is 6.99. The third-order valence-corrected chi connectivity index (χ3v) is 5.15. The molecular formula is C24H18N2O4. The Morgan fingerprint density at radius 3 is 2.33 bits per heavy atom. The molecule has 0 bridgehead atoms. The molecule has 148 valence electrons. The fourth-order valence-electron chi connectivity index (χ4n) is 3.73. The largest absolute Gasteiger partial charge is 0.454 e. The van der Waals surface area contributed by atoms with E-state index in [9.17, 15) is 9.59 Å². The molecule has 2 amide bonds. The minimum Gasteiger partial charge on any atom is -0.454 e. The van der Waals surface area contributed by atoms with Gasteiger partial charge in [-0.05, 0) is 23.3 Å². The van der Waals surface area contributed by atoms with E-state index in [-0.39, 0.29) is 18.6 Å². The predicted octanol–water partition coefficient (Wildman–Crippen LogP) is 4.06. The lowest BCUT2D eigenvalue weighted by Crippen LogP contribution is -2.45. The number of carbonyl (C=O) groups excluding carboxylic acids is 2. The molecule has 0 aliphatic carbocycles. The Hall–Kier alpha value is -4.06. The summed E-state index contributed by atoms with van der Waals surface area (Å²) in [5.41, 5.74) is 3.01. The highest BCUT2D eigenvalue weighted by Crippen LogP contribution is 2.38. The number of ether oxygens (including phenoxy) is 2. The number of Topliss-reactive ketones (excluding diaryl/α,β-unsaturated/α-hetero) is 1. The minimum absolute atomic E-state index is 0.151. The topological polar surface area (TPSA) is 76.7 Å². The standard InChI is InChI=1S/C24H18N2O4/c27-23(16-9-5-2-6-10-16)20-21(15-7-3-1-4-8-15)25-24(28)26-22(20)17-11-12-18-19(13-17)30-14-29-18/h1-13,22H,14H2,(H2,25,26,28)/t22-/m1/s1. The number of rotatable bonds is 4. The summed E-state index contributed by atoms with van der Waals surface area (Å²) >= 11 is 0. The van der Waals surface area contributed by atoms with Gasteiger partial charge in [-0.3, -0.25) is 4.79 Å². The van der Waals surface area contributed by atoms with Gasteiger partial charge in [0.2, 0.25) is 6.79 Å². The molecule has 2 aliphatic rings. The van der Waals surface area contributed by atoms with Gasteiger partial charge in [0.1, 0.15) is 0 Å². The van der Waals surface area contributed by atoms with Crippen LogP contribution in [0.1, 0.15) is 27.5 Å². The van der Waals surface area contributed by atoms with Crippen LogP contribution in [0.25, 0.3) is 5.70 Å². The molecule has 2 heterocycles. The molecule has 6 heteroatoms. The Morgan fingerprint density at radius 1 is 0.867 bits per heavy atom. The van der Waals surface area contributed by atoms with Crippen molar-refractivity contribution in [1.82, 2.24) is 10.6 Å². The van der Waals surface area contributed by atoms with Gasteiger partial charge in [0, 0.05) is 5.56 Å². The van der Waals surface area contributed by atoms with E-state index in [1.807, 2.05) is 54.6 Å². The molecule has 1 atom stereocenters. The Labute approximate surface area is 173 Å². The van der Waals surface area contributed by atoms with Crippen LogP contribution in [0.15, 0.2) is 84.4 Å². The number of hydrogen-bond acceptors (Lipinski definition) is 4. The number of urea groups is 1. The van der Waals surface area contributed by atoms with Crippen LogP contribution >= 0.6 is 0 Å². The van der Waals surface area contributed by atoms with Gasteiger partial charge in [0.15, 0.2) is 17.3 Å². The van der Waals surface area contributed by atoms with Gasteiger partial charge < -0.3 is 20.1 Å². The fourth-order valence-corrected chi connectivity index (χ4v) is 3.73. The number of hydrogen-bond donors (Lipinski definition) is 2. The second kappa shape index (κ2) is 7.40. The lowest BCUT2D eigenvalue weighted by molar-refractivity contribution is 0.102. The van der Waals surface area contributed by atoms with E-state index < -0.39 is 6.04 Å². The molecule has 30 heavy (non-hydrogen) atoms. The maximum Gasteiger partial charge on any atom is 0.320 e. The summed E-state index contributed by atoms with van der Waals surface area (Å²) in [6.07, 6.45) is 0. The minimum atomic E-state index is -0.642. The van der Waals surface area contributed by atoms with Crippen molar-refractivity contribution < 1.29 is 19.1 Å². The first kappa shape index (κ1) is 18.0. The molecule has 3 aromatic carbocycles. The van der Waals surface area contributed by atoms with Crippen molar-refractivity contribution in [3.63, 3.8) is 0 Å². The molecule has 0 radical (unpaired) electrons. The number of nitrogens with one attached hydrogen (secondary N) is 2. The molecule has 0 spiro atoms. The number of benzene rings is 3. The van der Waals surface area contributed by atoms with E-state index in [1.165, 1.54) is 0 Å². The molecule has 2 N–H and O–H groups in total. The predicted molar refractivity (Wildman–Crippen MR) is 111 cm³/mol. The molecule has 2 aliphatic heterocycles. The lowest BCUT2D eigenvalue weighted by atomic mass is 9.87. The van der Waals surface area contributed by atoms with Crippen molar-refractivity contribution in [3.8, 4) is 11.5 Å². The van der Waals surface area contributed by atoms with Crippen LogP contribution in [-0.2, 0) is 0 Å². The monoisotopic (exact) mass is 398 g/mol. The van der Waals surface area contributed by atoms with Crippen molar-refractivity contribution in [2.75, 3.05) is 6.79 Å². The quantitative estimate of drug-likeness (QED) is 0.650. The average Bonchev–Trinajstić information content (AvgIpc) is 3.27. The van der Waals surface area contributed by atoms with Crippen molar-refractivity contribution in [2.24, 2.45) is 0 Å². The van der Waals surface area contributed by atoms with Crippen molar-refractivity contribution in [2.45, 2.75) is 6.04 Å². The first-order chi connectivity index (χ1) is 14.7. The summed E-state index contributed by atoms with van der Waals surface area (Å²) in [6.45, 7) is 0.151. The van der Waals surface area contributed by atoms with Crippen LogP contribution in [-0.4, -0.2) is 18.6 Å². The molecule has 0 aromatic heterocycles.